The van der Waals surface area contributed by atoms with Gasteiger partial charge >= 0.3 is 0 Å². The van der Waals surface area contributed by atoms with Crippen molar-refractivity contribution in [1.82, 2.24) is 0 Å². The Kier molecular flexibility index (Phi) is 8.26. The van der Waals surface area contributed by atoms with Crippen molar-refractivity contribution in [3.8, 4) is 0 Å². The van der Waals surface area contributed by atoms with E-state index in [9.17, 15) is 0 Å². The van der Waals surface area contributed by atoms with Gasteiger partial charge in [0.05, 0.1) is 0 Å². The van der Waals surface area contributed by atoms with E-state index in [2.05, 4.69) is 27.7 Å². The molecule has 0 rings (SSSR count). The van der Waals surface area contributed by atoms with Crippen LogP contribution in [0.15, 0.2) is 0 Å². The zero-order valence-corrected chi connectivity index (χ0v) is 10.6. The molecule has 3 unspecified atom stereocenters. The van der Waals surface area contributed by atoms with Crippen LogP contribution in [-0.2, 0) is 0 Å². The topological polar surface area (TPSA) is 26.0 Å². The molecule has 0 aromatic heterocycles. The Hall–Kier alpha value is -0.0400. The summed E-state index contributed by atoms with van der Waals surface area (Å²) in [5, 5.41) is 0. The van der Waals surface area contributed by atoms with Crippen molar-refractivity contribution in [2.45, 2.75) is 72.3 Å². The summed E-state index contributed by atoms with van der Waals surface area (Å²) < 4.78 is 0. The van der Waals surface area contributed by atoms with Gasteiger partial charge in [-0.3, -0.25) is 0 Å². The molecule has 0 saturated carbocycles. The summed E-state index contributed by atoms with van der Waals surface area (Å²) in [5.74, 6) is 1.44. The van der Waals surface area contributed by atoms with Crippen LogP contribution in [0.2, 0.25) is 0 Å². The zero-order chi connectivity index (χ0) is 11.0. The molecule has 1 nitrogen and oxygen atoms in total. The van der Waals surface area contributed by atoms with Crippen molar-refractivity contribution >= 4 is 0 Å². The first kappa shape index (κ1) is 14.0. The molecule has 1 heteroatoms. The third-order valence-corrected chi connectivity index (χ3v) is 3.40. The first-order valence-electron chi connectivity index (χ1n) is 6.42. The fraction of sp³-hybridized carbons (Fsp3) is 1.00. The van der Waals surface area contributed by atoms with Crippen LogP contribution in [0.3, 0.4) is 0 Å². The number of hydrogen-bond acceptors (Lipinski definition) is 1. The van der Waals surface area contributed by atoms with Crippen LogP contribution < -0.4 is 5.73 Å². The molecule has 0 aliphatic heterocycles. The summed E-state index contributed by atoms with van der Waals surface area (Å²) in [6.07, 6.45) is 7.75. The fourth-order valence-corrected chi connectivity index (χ4v) is 2.25. The summed E-state index contributed by atoms with van der Waals surface area (Å²) in [5.41, 5.74) is 6.30. The summed E-state index contributed by atoms with van der Waals surface area (Å²) in [7, 11) is 0. The number of nitrogens with two attached hydrogens (primary N) is 1. The molecule has 0 bridgehead atoms. The molecular formula is C13H29N. The summed E-state index contributed by atoms with van der Waals surface area (Å²) in [4.78, 5) is 0. The van der Waals surface area contributed by atoms with Gasteiger partial charge in [-0.25, -0.2) is 0 Å². The highest BCUT2D eigenvalue weighted by atomic mass is 14.7. The van der Waals surface area contributed by atoms with Crippen LogP contribution in [0.1, 0.15) is 66.2 Å². The molecule has 0 aliphatic carbocycles. The Morgan fingerprint density at radius 3 is 2.07 bits per heavy atom. The van der Waals surface area contributed by atoms with Crippen LogP contribution in [0, 0.1) is 11.8 Å². The minimum atomic E-state index is 0.423. The lowest BCUT2D eigenvalue weighted by Gasteiger charge is -2.27. The lowest BCUT2D eigenvalue weighted by molar-refractivity contribution is 0.283. The van der Waals surface area contributed by atoms with Gasteiger partial charge in [-0.15, -0.1) is 0 Å². The summed E-state index contributed by atoms with van der Waals surface area (Å²) in [6, 6.07) is 0.423. The van der Waals surface area contributed by atoms with E-state index in [0.717, 1.165) is 5.92 Å². The second kappa shape index (κ2) is 8.28. The van der Waals surface area contributed by atoms with E-state index in [1.54, 1.807) is 0 Å². The Morgan fingerprint density at radius 1 is 1.00 bits per heavy atom. The van der Waals surface area contributed by atoms with Crippen molar-refractivity contribution in [2.24, 2.45) is 17.6 Å². The Balaban J connectivity index is 3.94. The Morgan fingerprint density at radius 2 is 1.64 bits per heavy atom. The first-order valence-corrected chi connectivity index (χ1v) is 6.42. The van der Waals surface area contributed by atoms with Crippen LogP contribution >= 0.6 is 0 Å². The minimum absolute atomic E-state index is 0.423. The van der Waals surface area contributed by atoms with Gasteiger partial charge < -0.3 is 5.73 Å². The maximum Gasteiger partial charge on any atom is 0.00928 e. The van der Waals surface area contributed by atoms with Gasteiger partial charge in [0.25, 0.3) is 0 Å². The molecule has 14 heavy (non-hydrogen) atoms. The van der Waals surface area contributed by atoms with Crippen molar-refractivity contribution < 1.29 is 0 Å². The van der Waals surface area contributed by atoms with Crippen LogP contribution in [-0.4, -0.2) is 6.04 Å². The second-order valence-electron chi connectivity index (χ2n) is 4.65. The molecular weight excluding hydrogens is 170 g/mol. The second-order valence-corrected chi connectivity index (χ2v) is 4.65. The van der Waals surface area contributed by atoms with Gasteiger partial charge in [-0.05, 0) is 24.7 Å². The smallest absolute Gasteiger partial charge is 0.00928 e. The van der Waals surface area contributed by atoms with E-state index in [4.69, 9.17) is 5.73 Å². The van der Waals surface area contributed by atoms with E-state index in [1.165, 1.54) is 38.5 Å². The SMILES string of the molecule is CCCCC(CC)C(N)C(C)CCC. The normalized spacial score (nSPS) is 17.8. The highest BCUT2D eigenvalue weighted by Gasteiger charge is 2.20. The van der Waals surface area contributed by atoms with E-state index in [-0.39, 0.29) is 0 Å². The maximum absolute atomic E-state index is 6.30. The van der Waals surface area contributed by atoms with E-state index >= 15 is 0 Å². The third-order valence-electron chi connectivity index (χ3n) is 3.40. The maximum atomic E-state index is 6.30. The Bertz CT molecular complexity index is 122. The molecule has 0 heterocycles. The molecule has 3 atom stereocenters. The predicted molar refractivity (Wildman–Crippen MR) is 65.4 cm³/mol. The highest BCUT2D eigenvalue weighted by Crippen LogP contribution is 2.23. The van der Waals surface area contributed by atoms with Gasteiger partial charge in [0.2, 0.25) is 0 Å². The quantitative estimate of drug-likeness (QED) is 0.629. The molecule has 0 spiro atoms. The first-order chi connectivity index (χ1) is 6.67. The van der Waals surface area contributed by atoms with Gasteiger partial charge in [-0.2, -0.15) is 0 Å². The molecule has 0 fully saturated rings. The summed E-state index contributed by atoms with van der Waals surface area (Å²) >= 11 is 0. The van der Waals surface area contributed by atoms with Crippen molar-refractivity contribution in [1.29, 1.82) is 0 Å². The van der Waals surface area contributed by atoms with Crippen molar-refractivity contribution in [2.75, 3.05) is 0 Å². The van der Waals surface area contributed by atoms with Gasteiger partial charge in [0, 0.05) is 6.04 Å². The van der Waals surface area contributed by atoms with Crippen molar-refractivity contribution in [3.63, 3.8) is 0 Å². The molecule has 0 aromatic rings. The zero-order valence-electron chi connectivity index (χ0n) is 10.6. The van der Waals surface area contributed by atoms with Gasteiger partial charge in [-0.1, -0.05) is 53.4 Å². The van der Waals surface area contributed by atoms with E-state index in [1.807, 2.05) is 0 Å². The van der Waals surface area contributed by atoms with Crippen LogP contribution in [0.4, 0.5) is 0 Å². The lowest BCUT2D eigenvalue weighted by Crippen LogP contribution is -2.36. The monoisotopic (exact) mass is 199 g/mol. The lowest BCUT2D eigenvalue weighted by atomic mass is 9.83. The van der Waals surface area contributed by atoms with E-state index in [0.29, 0.717) is 12.0 Å². The van der Waals surface area contributed by atoms with Crippen LogP contribution in [0.25, 0.3) is 0 Å². The highest BCUT2D eigenvalue weighted by molar-refractivity contribution is 4.76. The predicted octanol–water partition coefficient (Wildman–Crippen LogP) is 3.97. The average Bonchev–Trinajstić information content (AvgIpc) is 2.19. The van der Waals surface area contributed by atoms with Gasteiger partial charge in [0.15, 0.2) is 0 Å². The van der Waals surface area contributed by atoms with Gasteiger partial charge in [0.1, 0.15) is 0 Å². The molecule has 0 aliphatic rings. The summed E-state index contributed by atoms with van der Waals surface area (Å²) in [6.45, 7) is 9.09. The molecule has 86 valence electrons. The largest absolute Gasteiger partial charge is 0.327 e. The standard InChI is InChI=1S/C13H29N/c1-5-8-10-12(7-3)13(14)11(4)9-6-2/h11-13H,5-10,14H2,1-4H3. The molecule has 2 N–H and O–H groups in total. The fourth-order valence-electron chi connectivity index (χ4n) is 2.25. The molecule has 0 saturated heterocycles. The molecule has 0 aromatic carbocycles. The number of rotatable bonds is 8. The average molecular weight is 199 g/mol. The Labute approximate surface area is 90.5 Å². The van der Waals surface area contributed by atoms with Crippen LogP contribution in [0.5, 0.6) is 0 Å². The number of unbranched alkanes of at least 4 members (excludes halogenated alkanes) is 1. The van der Waals surface area contributed by atoms with Crippen molar-refractivity contribution in [3.05, 3.63) is 0 Å². The minimum Gasteiger partial charge on any atom is -0.327 e. The third kappa shape index (κ3) is 4.99. The van der Waals surface area contributed by atoms with E-state index < -0.39 is 0 Å². The number of hydrogen-bond donors (Lipinski definition) is 1. The molecule has 0 radical (unpaired) electrons. The molecule has 0 amide bonds.